The average Bonchev–Trinajstić information content (AvgIpc) is 2.82. The summed E-state index contributed by atoms with van der Waals surface area (Å²) >= 11 is 0. The van der Waals surface area contributed by atoms with E-state index in [9.17, 15) is 4.79 Å². The largest absolute Gasteiger partial charge is 0.379 e. The molecule has 0 spiro atoms. The van der Waals surface area contributed by atoms with Crippen LogP contribution in [0.1, 0.15) is 10.4 Å². The molecule has 2 aromatic carbocycles. The summed E-state index contributed by atoms with van der Waals surface area (Å²) in [5, 5.41) is 5.69. The van der Waals surface area contributed by atoms with Crippen molar-refractivity contribution in [2.75, 3.05) is 38.2 Å². The zero-order chi connectivity index (χ0) is 14.2. The second-order valence-corrected chi connectivity index (χ2v) is 5.72. The number of fused-ring (bicyclic) bond motifs is 2. The number of nitrogens with zero attached hydrogens (tertiary/aromatic N) is 1. The minimum absolute atomic E-state index is 0.130. The van der Waals surface area contributed by atoms with E-state index in [4.69, 9.17) is 4.74 Å². The summed E-state index contributed by atoms with van der Waals surface area (Å²) in [4.78, 5) is 14.9. The predicted molar refractivity (Wildman–Crippen MR) is 82.9 cm³/mol. The van der Waals surface area contributed by atoms with Crippen molar-refractivity contribution in [3.8, 4) is 0 Å². The lowest BCUT2D eigenvalue weighted by Gasteiger charge is -2.28. The Labute approximate surface area is 123 Å². The molecule has 4 rings (SSSR count). The van der Waals surface area contributed by atoms with Crippen LogP contribution in [0.5, 0.6) is 0 Å². The first kappa shape index (κ1) is 12.8. The lowest BCUT2D eigenvalue weighted by molar-refractivity contribution is 0.0359. The number of Topliss-reactive ketones (excluding diaryl/α,β-unsaturated/α-hetero) is 1. The number of nitrogens with one attached hydrogen (secondary N) is 1. The Bertz CT molecular complexity index is 692. The smallest absolute Gasteiger partial charge is 0.188 e. The third kappa shape index (κ3) is 2.30. The molecule has 2 heterocycles. The van der Waals surface area contributed by atoms with Gasteiger partial charge in [-0.1, -0.05) is 24.3 Å². The number of hydrogen-bond donors (Lipinski definition) is 1. The maximum atomic E-state index is 12.6. The van der Waals surface area contributed by atoms with E-state index in [2.05, 4.69) is 28.4 Å². The third-order valence-corrected chi connectivity index (χ3v) is 4.34. The number of ether oxygens (including phenoxy) is 1. The van der Waals surface area contributed by atoms with Gasteiger partial charge in [-0.3, -0.25) is 9.69 Å². The highest BCUT2D eigenvalue weighted by Gasteiger charge is 2.31. The van der Waals surface area contributed by atoms with Crippen molar-refractivity contribution in [2.24, 2.45) is 0 Å². The number of rotatable bonds is 2. The van der Waals surface area contributed by atoms with Gasteiger partial charge in [0.1, 0.15) is 6.04 Å². The molecule has 0 aliphatic carbocycles. The molecule has 1 unspecified atom stereocenters. The number of carbonyl (C=O) groups excluding carboxylic acids is 1. The van der Waals surface area contributed by atoms with E-state index in [-0.39, 0.29) is 11.8 Å². The van der Waals surface area contributed by atoms with Gasteiger partial charge < -0.3 is 10.1 Å². The second-order valence-electron chi connectivity index (χ2n) is 5.72. The van der Waals surface area contributed by atoms with Crippen molar-refractivity contribution < 1.29 is 9.53 Å². The number of anilines is 1. The van der Waals surface area contributed by atoms with Gasteiger partial charge in [0.25, 0.3) is 0 Å². The van der Waals surface area contributed by atoms with Gasteiger partial charge >= 0.3 is 0 Å². The molecule has 0 bridgehead atoms. The number of benzene rings is 2. The van der Waals surface area contributed by atoms with Crippen LogP contribution in [0, 0.1) is 0 Å². The number of carbonyl (C=O) groups is 1. The maximum Gasteiger partial charge on any atom is 0.188 e. The second kappa shape index (κ2) is 5.13. The van der Waals surface area contributed by atoms with E-state index in [1.165, 1.54) is 5.39 Å². The Morgan fingerprint density at radius 1 is 1.14 bits per heavy atom. The van der Waals surface area contributed by atoms with Gasteiger partial charge in [0.05, 0.1) is 13.2 Å². The van der Waals surface area contributed by atoms with Crippen molar-refractivity contribution in [1.29, 1.82) is 0 Å². The van der Waals surface area contributed by atoms with Gasteiger partial charge in [0, 0.05) is 30.9 Å². The minimum Gasteiger partial charge on any atom is -0.379 e. The molecule has 1 fully saturated rings. The predicted octanol–water partition coefficient (Wildman–Crippen LogP) is 2.15. The average molecular weight is 282 g/mol. The SMILES string of the molecule is O=C1c2cc3ccccc3cc2NC1CN1CCOCC1. The summed E-state index contributed by atoms with van der Waals surface area (Å²) in [5.41, 5.74) is 1.80. The maximum absolute atomic E-state index is 12.6. The van der Waals surface area contributed by atoms with E-state index in [1.807, 2.05) is 18.2 Å². The number of morpholine rings is 1. The van der Waals surface area contributed by atoms with Crippen LogP contribution < -0.4 is 5.32 Å². The third-order valence-electron chi connectivity index (χ3n) is 4.34. The summed E-state index contributed by atoms with van der Waals surface area (Å²) < 4.78 is 5.36. The molecule has 1 N–H and O–H groups in total. The molecule has 2 aromatic rings. The van der Waals surface area contributed by atoms with Gasteiger partial charge in [-0.25, -0.2) is 0 Å². The Kier molecular flexibility index (Phi) is 3.13. The summed E-state index contributed by atoms with van der Waals surface area (Å²) in [6, 6.07) is 12.1. The van der Waals surface area contributed by atoms with E-state index < -0.39 is 0 Å². The summed E-state index contributed by atoms with van der Waals surface area (Å²) in [5.74, 6) is 0.210. The van der Waals surface area contributed by atoms with Crippen LogP contribution in [0.25, 0.3) is 10.8 Å². The molecule has 2 aliphatic heterocycles. The molecule has 1 saturated heterocycles. The molecule has 4 heteroatoms. The Hall–Kier alpha value is -1.91. The Morgan fingerprint density at radius 3 is 2.62 bits per heavy atom. The molecule has 108 valence electrons. The molecule has 0 saturated carbocycles. The molecule has 0 aromatic heterocycles. The number of ketones is 1. The number of hydrogen-bond acceptors (Lipinski definition) is 4. The van der Waals surface area contributed by atoms with Crippen molar-refractivity contribution in [3.63, 3.8) is 0 Å². The van der Waals surface area contributed by atoms with Gasteiger partial charge in [-0.2, -0.15) is 0 Å². The first-order valence-electron chi connectivity index (χ1n) is 7.45. The van der Waals surface area contributed by atoms with Crippen LogP contribution in [0.3, 0.4) is 0 Å². The Morgan fingerprint density at radius 2 is 1.86 bits per heavy atom. The van der Waals surface area contributed by atoms with Crippen molar-refractivity contribution in [3.05, 3.63) is 42.0 Å². The van der Waals surface area contributed by atoms with Gasteiger partial charge in [-0.15, -0.1) is 0 Å². The van der Waals surface area contributed by atoms with E-state index in [0.717, 1.165) is 49.5 Å². The lowest BCUT2D eigenvalue weighted by atomic mass is 10.0. The van der Waals surface area contributed by atoms with Crippen LogP contribution in [0.4, 0.5) is 5.69 Å². The molecule has 0 radical (unpaired) electrons. The molecular formula is C17H18N2O2. The van der Waals surface area contributed by atoms with Crippen molar-refractivity contribution in [2.45, 2.75) is 6.04 Å². The molecule has 0 amide bonds. The Balaban J connectivity index is 1.60. The summed E-state index contributed by atoms with van der Waals surface area (Å²) in [7, 11) is 0. The molecular weight excluding hydrogens is 264 g/mol. The molecule has 1 atom stereocenters. The zero-order valence-corrected chi connectivity index (χ0v) is 11.8. The summed E-state index contributed by atoms with van der Waals surface area (Å²) in [6.07, 6.45) is 0. The van der Waals surface area contributed by atoms with E-state index in [0.29, 0.717) is 0 Å². The summed E-state index contributed by atoms with van der Waals surface area (Å²) in [6.45, 7) is 4.09. The van der Waals surface area contributed by atoms with Crippen molar-refractivity contribution in [1.82, 2.24) is 4.90 Å². The fourth-order valence-corrected chi connectivity index (χ4v) is 3.18. The van der Waals surface area contributed by atoms with Crippen LogP contribution in [0.2, 0.25) is 0 Å². The molecule has 2 aliphatic rings. The van der Waals surface area contributed by atoms with E-state index >= 15 is 0 Å². The molecule has 21 heavy (non-hydrogen) atoms. The van der Waals surface area contributed by atoms with Gasteiger partial charge in [0.2, 0.25) is 0 Å². The topological polar surface area (TPSA) is 41.6 Å². The minimum atomic E-state index is -0.130. The van der Waals surface area contributed by atoms with Crippen LogP contribution in [-0.4, -0.2) is 49.6 Å². The zero-order valence-electron chi connectivity index (χ0n) is 11.8. The van der Waals surface area contributed by atoms with Crippen LogP contribution >= 0.6 is 0 Å². The highest BCUT2D eigenvalue weighted by Crippen LogP contribution is 2.31. The quantitative estimate of drug-likeness (QED) is 0.916. The lowest BCUT2D eigenvalue weighted by Crippen LogP contribution is -2.44. The highest BCUT2D eigenvalue weighted by molar-refractivity contribution is 6.13. The van der Waals surface area contributed by atoms with Gasteiger partial charge in [-0.05, 0) is 22.9 Å². The highest BCUT2D eigenvalue weighted by atomic mass is 16.5. The van der Waals surface area contributed by atoms with Gasteiger partial charge in [0.15, 0.2) is 5.78 Å². The van der Waals surface area contributed by atoms with E-state index in [1.54, 1.807) is 0 Å². The molecule has 4 nitrogen and oxygen atoms in total. The van der Waals surface area contributed by atoms with Crippen LogP contribution in [0.15, 0.2) is 36.4 Å². The first-order valence-corrected chi connectivity index (χ1v) is 7.45. The standard InChI is InChI=1S/C17H18N2O2/c20-17-14-9-12-3-1-2-4-13(12)10-15(14)18-16(17)11-19-5-7-21-8-6-19/h1-4,9-10,16,18H,5-8,11H2. The monoisotopic (exact) mass is 282 g/mol. The fraction of sp³-hybridized carbons (Fsp3) is 0.353. The van der Waals surface area contributed by atoms with Crippen molar-refractivity contribution >= 4 is 22.2 Å². The fourth-order valence-electron chi connectivity index (χ4n) is 3.18. The first-order chi connectivity index (χ1) is 10.3. The van der Waals surface area contributed by atoms with Crippen LogP contribution in [-0.2, 0) is 4.74 Å². The normalized spacial score (nSPS) is 22.3.